The average molecular weight is 665 g/mol. The third kappa shape index (κ3) is 31.4. The number of hydrogen-bond donors (Lipinski definition) is 1. The van der Waals surface area contributed by atoms with Crippen LogP contribution in [-0.4, -0.2) is 41.6 Å². The van der Waals surface area contributed by atoms with E-state index in [-0.39, 0.29) is 25.1 Å². The molecule has 47 heavy (non-hydrogen) atoms. The minimum Gasteiger partial charge on any atom is -0.390 e. The molecule has 0 fully saturated rings. The van der Waals surface area contributed by atoms with Gasteiger partial charge < -0.3 is 5.11 Å². The predicted molar refractivity (Wildman–Crippen MR) is 198 cm³/mol. The number of quaternary nitrogens is 1. The topological polar surface area (TPSA) is 72.8 Å². The molecule has 0 aromatic rings. The summed E-state index contributed by atoms with van der Waals surface area (Å²) in [5.74, 6) is -0.725. The lowest BCUT2D eigenvalue weighted by Gasteiger charge is -2.30. The lowest BCUT2D eigenvalue weighted by Crippen LogP contribution is -2.52. The van der Waals surface area contributed by atoms with Gasteiger partial charge in [0, 0.05) is 11.2 Å². The van der Waals surface area contributed by atoms with Crippen molar-refractivity contribution in [1.29, 1.82) is 0 Å². The van der Waals surface area contributed by atoms with E-state index in [0.717, 1.165) is 51.4 Å². The van der Waals surface area contributed by atoms with Crippen LogP contribution in [0.2, 0.25) is 0 Å². The van der Waals surface area contributed by atoms with Gasteiger partial charge in [-0.1, -0.05) is 148 Å². The Morgan fingerprint density at radius 2 is 0.766 bits per heavy atom. The molecule has 0 radical (unpaired) electrons. The third-order valence-corrected chi connectivity index (χ3v) is 8.83. The van der Waals surface area contributed by atoms with Crippen LogP contribution in [0.5, 0.6) is 0 Å². The van der Waals surface area contributed by atoms with Crippen LogP contribution in [0.4, 0.5) is 0 Å². The molecule has 0 bridgehead atoms. The van der Waals surface area contributed by atoms with Crippen molar-refractivity contribution < 1.29 is 29.2 Å². The number of carbonyl (C=O) groups excluding carboxylic acids is 2. The summed E-state index contributed by atoms with van der Waals surface area (Å²) in [4.78, 5) is 36.3. The molecular formula is C41H78NO5+. The van der Waals surface area contributed by atoms with Crippen LogP contribution in [0.25, 0.3) is 0 Å². The second kappa shape index (κ2) is 35.6. The molecule has 1 N–H and O–H groups in total. The SMILES string of the molecule is CCCCCCCCC=CCCCCCCCC(=O)O[N+](CCC)(CCO)OC(=O)CCCCCCCC=CCCCCCCCC. The lowest BCUT2D eigenvalue weighted by molar-refractivity contribution is -1.22. The molecule has 6 heteroatoms. The largest absolute Gasteiger partial charge is 0.390 e. The van der Waals surface area contributed by atoms with E-state index in [4.69, 9.17) is 9.68 Å². The van der Waals surface area contributed by atoms with Gasteiger partial charge in [-0.3, -0.25) is 0 Å². The highest BCUT2D eigenvalue weighted by Crippen LogP contribution is 2.18. The summed E-state index contributed by atoms with van der Waals surface area (Å²) in [6, 6.07) is 0. The fourth-order valence-electron chi connectivity index (χ4n) is 5.95. The van der Waals surface area contributed by atoms with Gasteiger partial charge in [0.25, 0.3) is 0 Å². The smallest absolute Gasteiger partial charge is 0.372 e. The standard InChI is InChI=1S/C41H78NO5/c1-4-7-9-11-13-15-17-19-21-23-25-27-29-31-33-35-40(44)46-42(37-6-3,38-39-43)47-41(45)36-34-32-30-28-26-24-22-20-18-16-14-12-10-8-5-2/h19-22,43H,4-18,23-39H2,1-3H3/q+1. The molecule has 0 amide bonds. The second-order valence-corrected chi connectivity index (χ2v) is 13.6. The molecule has 0 aliphatic carbocycles. The highest BCUT2D eigenvalue weighted by Gasteiger charge is 2.37. The van der Waals surface area contributed by atoms with Crippen molar-refractivity contribution in [3.8, 4) is 0 Å². The fourth-order valence-corrected chi connectivity index (χ4v) is 5.95. The third-order valence-electron chi connectivity index (χ3n) is 8.83. The maximum absolute atomic E-state index is 12.7. The van der Waals surface area contributed by atoms with Gasteiger partial charge in [-0.15, -0.1) is 0 Å². The summed E-state index contributed by atoms with van der Waals surface area (Å²) in [6.45, 7) is 6.66. The number of aliphatic hydroxyl groups is 1. The first kappa shape index (κ1) is 45.3. The quantitative estimate of drug-likeness (QED) is 0.0312. The summed E-state index contributed by atoms with van der Waals surface area (Å²) >= 11 is 0. The molecule has 6 nitrogen and oxygen atoms in total. The first-order chi connectivity index (χ1) is 23.0. The molecule has 0 aromatic carbocycles. The monoisotopic (exact) mass is 665 g/mol. The van der Waals surface area contributed by atoms with E-state index in [9.17, 15) is 14.7 Å². The Morgan fingerprint density at radius 3 is 1.09 bits per heavy atom. The van der Waals surface area contributed by atoms with Crippen LogP contribution in [0.15, 0.2) is 24.3 Å². The van der Waals surface area contributed by atoms with E-state index < -0.39 is 4.81 Å². The lowest BCUT2D eigenvalue weighted by atomic mass is 10.1. The molecule has 276 valence electrons. The Bertz CT molecular complexity index is 688. The van der Waals surface area contributed by atoms with Crippen molar-refractivity contribution in [2.45, 2.75) is 207 Å². The van der Waals surface area contributed by atoms with Gasteiger partial charge in [-0.2, -0.15) is 0 Å². The van der Waals surface area contributed by atoms with Gasteiger partial charge in [-0.25, -0.2) is 19.3 Å². The molecule has 0 saturated carbocycles. The van der Waals surface area contributed by atoms with Crippen molar-refractivity contribution in [2.24, 2.45) is 0 Å². The van der Waals surface area contributed by atoms with Crippen LogP contribution in [0.3, 0.4) is 0 Å². The van der Waals surface area contributed by atoms with Crippen molar-refractivity contribution in [1.82, 2.24) is 0 Å². The minimum absolute atomic E-state index is 0.0596. The van der Waals surface area contributed by atoms with E-state index in [2.05, 4.69) is 38.2 Å². The van der Waals surface area contributed by atoms with Gasteiger partial charge >= 0.3 is 11.9 Å². The van der Waals surface area contributed by atoms with Crippen LogP contribution in [-0.2, 0) is 19.3 Å². The molecule has 0 aromatic heterocycles. The predicted octanol–water partition coefficient (Wildman–Crippen LogP) is 12.2. The van der Waals surface area contributed by atoms with E-state index in [1.54, 1.807) is 0 Å². The van der Waals surface area contributed by atoms with Gasteiger partial charge in [0.2, 0.25) is 0 Å². The van der Waals surface area contributed by atoms with Gasteiger partial charge in [0.05, 0.1) is 12.8 Å². The van der Waals surface area contributed by atoms with Crippen LogP contribution in [0, 0.1) is 0 Å². The first-order valence-electron chi connectivity index (χ1n) is 20.3. The number of nitrogens with zero attached hydrogens (tertiary/aromatic N) is 1. The van der Waals surface area contributed by atoms with Gasteiger partial charge in [0.1, 0.15) is 6.61 Å². The number of carbonyl (C=O) groups is 2. The number of rotatable bonds is 36. The Morgan fingerprint density at radius 1 is 0.447 bits per heavy atom. The highest BCUT2D eigenvalue weighted by molar-refractivity contribution is 5.69. The van der Waals surface area contributed by atoms with E-state index in [0.29, 0.717) is 25.8 Å². The molecule has 0 aliphatic rings. The van der Waals surface area contributed by atoms with E-state index in [1.807, 2.05) is 6.92 Å². The summed E-state index contributed by atoms with van der Waals surface area (Å²) in [5.41, 5.74) is 0. The fraction of sp³-hybridized carbons (Fsp3) is 0.854. The van der Waals surface area contributed by atoms with Crippen LogP contribution in [0.1, 0.15) is 207 Å². The highest BCUT2D eigenvalue weighted by atomic mass is 17.0. The Kier molecular flexibility index (Phi) is 34.4. The first-order valence-corrected chi connectivity index (χ1v) is 20.3. The van der Waals surface area contributed by atoms with E-state index >= 15 is 0 Å². The molecule has 0 saturated heterocycles. The van der Waals surface area contributed by atoms with Gasteiger partial charge in [0.15, 0.2) is 13.1 Å². The Labute approximate surface area is 291 Å². The maximum Gasteiger partial charge on any atom is 0.372 e. The average Bonchev–Trinajstić information content (AvgIpc) is 3.05. The number of hydroxylamine groups is 4. The zero-order chi connectivity index (χ0) is 34.5. The normalized spacial score (nSPS) is 13.0. The zero-order valence-corrected chi connectivity index (χ0v) is 31.5. The Balaban J connectivity index is 4.07. The number of hydrogen-bond acceptors (Lipinski definition) is 5. The molecule has 0 heterocycles. The minimum atomic E-state index is -0.555. The van der Waals surface area contributed by atoms with E-state index in [1.165, 1.54) is 116 Å². The second-order valence-electron chi connectivity index (χ2n) is 13.6. The van der Waals surface area contributed by atoms with Gasteiger partial charge in [-0.05, 0) is 64.2 Å². The Hall–Kier alpha value is -1.66. The number of allylic oxidation sites excluding steroid dienone is 4. The number of aliphatic hydroxyl groups excluding tert-OH is 1. The molecule has 0 unspecified atom stereocenters. The van der Waals surface area contributed by atoms with Crippen molar-refractivity contribution in [2.75, 3.05) is 19.7 Å². The maximum atomic E-state index is 12.7. The van der Waals surface area contributed by atoms with Crippen molar-refractivity contribution in [3.05, 3.63) is 24.3 Å². The van der Waals surface area contributed by atoms with Crippen molar-refractivity contribution in [3.63, 3.8) is 0 Å². The molecule has 0 atom stereocenters. The van der Waals surface area contributed by atoms with Crippen LogP contribution < -0.4 is 0 Å². The molecule has 0 aliphatic heterocycles. The van der Waals surface area contributed by atoms with Crippen molar-refractivity contribution >= 4 is 11.9 Å². The number of unbranched alkanes of at least 4 members (excludes halogenated alkanes) is 22. The molecular weight excluding hydrogens is 586 g/mol. The summed E-state index contributed by atoms with van der Waals surface area (Å²) in [5, 5.41) is 9.68. The zero-order valence-electron chi connectivity index (χ0n) is 31.5. The molecule has 0 spiro atoms. The molecule has 0 rings (SSSR count). The van der Waals surface area contributed by atoms with Crippen LogP contribution >= 0.6 is 0 Å². The summed E-state index contributed by atoms with van der Waals surface area (Å²) in [7, 11) is 0. The summed E-state index contributed by atoms with van der Waals surface area (Å²) < 4.78 is 0. The summed E-state index contributed by atoms with van der Waals surface area (Å²) in [6.07, 6.45) is 41.9.